The smallest absolute Gasteiger partial charge is 0.330 e. The maximum atomic E-state index is 11.0. The summed E-state index contributed by atoms with van der Waals surface area (Å²) in [6.07, 6.45) is 2.86. The highest BCUT2D eigenvalue weighted by Crippen LogP contribution is 2.11. The first kappa shape index (κ1) is 14.3. The fourth-order valence-corrected chi connectivity index (χ4v) is 2.60. The van der Waals surface area contributed by atoms with Gasteiger partial charge in [0.1, 0.15) is 6.10 Å². The van der Waals surface area contributed by atoms with Crippen molar-refractivity contribution in [3.8, 4) is 0 Å². The topological polar surface area (TPSA) is 44.8 Å². The van der Waals surface area contributed by atoms with E-state index in [1.165, 1.54) is 6.08 Å². The monoisotopic (exact) mass is 232 g/mol. The zero-order chi connectivity index (χ0) is 11.7. The van der Waals surface area contributed by atoms with E-state index < -0.39 is 9.28 Å². The van der Waals surface area contributed by atoms with Gasteiger partial charge in [0.15, 0.2) is 0 Å². The Balaban J connectivity index is 4.12. The van der Waals surface area contributed by atoms with Crippen LogP contribution in [0.5, 0.6) is 0 Å². The van der Waals surface area contributed by atoms with E-state index in [-0.39, 0.29) is 12.1 Å². The molecule has 0 radical (unpaired) electrons. The molecule has 5 heteroatoms. The molecule has 0 bridgehead atoms. The number of carbonyl (C=O) groups is 1. The molecule has 0 heterocycles. The molecule has 1 unspecified atom stereocenters. The van der Waals surface area contributed by atoms with Gasteiger partial charge in [0.05, 0.1) is 0 Å². The van der Waals surface area contributed by atoms with Gasteiger partial charge in [0.2, 0.25) is 0 Å². The third kappa shape index (κ3) is 6.43. The summed E-state index contributed by atoms with van der Waals surface area (Å²) in [5, 5.41) is 0. The molecule has 0 rings (SSSR count). The highest BCUT2D eigenvalue weighted by atomic mass is 28.3. The highest BCUT2D eigenvalue weighted by Gasteiger charge is 2.20. The van der Waals surface area contributed by atoms with Crippen LogP contribution in [-0.2, 0) is 18.4 Å². The predicted molar refractivity (Wildman–Crippen MR) is 61.0 cm³/mol. The number of rotatable bonds is 8. The third-order valence-electron chi connectivity index (χ3n) is 2.04. The molecule has 0 N–H and O–H groups in total. The summed E-state index contributed by atoms with van der Waals surface area (Å²) < 4.78 is 15.6. The molecule has 0 aliphatic rings. The summed E-state index contributed by atoms with van der Waals surface area (Å²) in [6.45, 7) is 5.41. The Morgan fingerprint density at radius 1 is 1.47 bits per heavy atom. The minimum atomic E-state index is -1.66. The molecule has 0 spiro atoms. The van der Waals surface area contributed by atoms with E-state index in [1.54, 1.807) is 14.2 Å². The van der Waals surface area contributed by atoms with E-state index >= 15 is 0 Å². The van der Waals surface area contributed by atoms with E-state index in [1.807, 2.05) is 6.92 Å². The summed E-state index contributed by atoms with van der Waals surface area (Å²) in [5.41, 5.74) is 0. The third-order valence-corrected chi connectivity index (χ3v) is 4.00. The average molecular weight is 232 g/mol. The van der Waals surface area contributed by atoms with Crippen LogP contribution in [0, 0.1) is 0 Å². The maximum absolute atomic E-state index is 11.0. The fraction of sp³-hybridized carbons (Fsp3) is 0.700. The van der Waals surface area contributed by atoms with Crippen LogP contribution in [0.4, 0.5) is 0 Å². The number of hydrogen-bond donors (Lipinski definition) is 0. The highest BCUT2D eigenvalue weighted by molar-refractivity contribution is 6.44. The summed E-state index contributed by atoms with van der Waals surface area (Å²) in [5.74, 6) is -0.381. The maximum Gasteiger partial charge on any atom is 0.330 e. The summed E-state index contributed by atoms with van der Waals surface area (Å²) in [4.78, 5) is 11.0. The molecule has 0 fully saturated rings. The van der Waals surface area contributed by atoms with E-state index in [2.05, 4.69) is 6.58 Å². The zero-order valence-corrected chi connectivity index (χ0v) is 10.8. The van der Waals surface area contributed by atoms with Crippen molar-refractivity contribution < 1.29 is 18.4 Å². The van der Waals surface area contributed by atoms with Gasteiger partial charge in [-0.15, -0.1) is 0 Å². The minimum Gasteiger partial charge on any atom is -0.459 e. The van der Waals surface area contributed by atoms with Crippen molar-refractivity contribution in [3.63, 3.8) is 0 Å². The predicted octanol–water partition coefficient (Wildman–Crippen LogP) is 1.40. The van der Waals surface area contributed by atoms with Gasteiger partial charge in [-0.2, -0.15) is 0 Å². The Bertz CT molecular complexity index is 192. The molecule has 0 aromatic rings. The van der Waals surface area contributed by atoms with Gasteiger partial charge in [0.25, 0.3) is 0 Å². The lowest BCUT2D eigenvalue weighted by atomic mass is 10.2. The molecular formula is C10H20O4Si. The van der Waals surface area contributed by atoms with Crippen molar-refractivity contribution in [2.24, 2.45) is 0 Å². The first-order valence-corrected chi connectivity index (χ1v) is 6.82. The van der Waals surface area contributed by atoms with Crippen LogP contribution in [0.1, 0.15) is 19.8 Å². The van der Waals surface area contributed by atoms with Crippen LogP contribution in [0.15, 0.2) is 12.7 Å². The number of carbonyl (C=O) groups excluding carboxylic acids is 1. The van der Waals surface area contributed by atoms with Crippen LogP contribution >= 0.6 is 0 Å². The van der Waals surface area contributed by atoms with Gasteiger partial charge >= 0.3 is 15.3 Å². The average Bonchev–Trinajstić information content (AvgIpc) is 2.25. The molecule has 0 aliphatic carbocycles. The first-order valence-electron chi connectivity index (χ1n) is 5.06. The van der Waals surface area contributed by atoms with Crippen LogP contribution in [0.25, 0.3) is 0 Å². The summed E-state index contributed by atoms with van der Waals surface area (Å²) in [6, 6.07) is 0.681. The Kier molecular flexibility index (Phi) is 8.26. The first-order chi connectivity index (χ1) is 7.17. The summed E-state index contributed by atoms with van der Waals surface area (Å²) >= 11 is 0. The standard InChI is InChI=1S/C10H20O4Si/c1-5-7-9(14-10(11)6-2)8-15(12-3)13-4/h6,9,15H,2,5,7-8H2,1,3-4H3. The zero-order valence-electron chi connectivity index (χ0n) is 9.69. The molecule has 0 saturated heterocycles. The normalized spacial score (nSPS) is 12.5. The molecule has 0 aromatic heterocycles. The van der Waals surface area contributed by atoms with Crippen molar-refractivity contribution in [2.45, 2.75) is 31.9 Å². The second-order valence-corrected chi connectivity index (χ2v) is 5.46. The van der Waals surface area contributed by atoms with Crippen molar-refractivity contribution in [3.05, 3.63) is 12.7 Å². The molecule has 0 aromatic carbocycles. The lowest BCUT2D eigenvalue weighted by Gasteiger charge is -2.19. The second kappa shape index (κ2) is 8.64. The number of hydrogen-bond acceptors (Lipinski definition) is 4. The number of ether oxygens (including phenoxy) is 1. The van der Waals surface area contributed by atoms with Gasteiger partial charge in [-0.05, 0) is 6.42 Å². The van der Waals surface area contributed by atoms with Crippen LogP contribution in [0.2, 0.25) is 6.04 Å². The lowest BCUT2D eigenvalue weighted by Crippen LogP contribution is -2.28. The van der Waals surface area contributed by atoms with Gasteiger partial charge < -0.3 is 13.6 Å². The van der Waals surface area contributed by atoms with Crippen LogP contribution in [-0.4, -0.2) is 35.6 Å². The van der Waals surface area contributed by atoms with Crippen molar-refractivity contribution >= 4 is 15.3 Å². The summed E-state index contributed by atoms with van der Waals surface area (Å²) in [7, 11) is 1.58. The Morgan fingerprint density at radius 3 is 2.47 bits per heavy atom. The van der Waals surface area contributed by atoms with Crippen molar-refractivity contribution in [1.29, 1.82) is 0 Å². The Morgan fingerprint density at radius 2 is 2.07 bits per heavy atom. The van der Waals surface area contributed by atoms with E-state index in [4.69, 9.17) is 13.6 Å². The van der Waals surface area contributed by atoms with Crippen LogP contribution < -0.4 is 0 Å². The SMILES string of the molecule is C=CC(=O)OC(CCC)C[SiH](OC)OC. The van der Waals surface area contributed by atoms with Gasteiger partial charge in [-0.25, -0.2) is 4.79 Å². The Labute approximate surface area is 93.1 Å². The van der Waals surface area contributed by atoms with Crippen LogP contribution in [0.3, 0.4) is 0 Å². The van der Waals surface area contributed by atoms with Gasteiger partial charge in [0, 0.05) is 26.3 Å². The lowest BCUT2D eigenvalue weighted by molar-refractivity contribution is -0.142. The number of esters is 1. The van der Waals surface area contributed by atoms with E-state index in [0.29, 0.717) is 6.04 Å². The largest absolute Gasteiger partial charge is 0.459 e. The van der Waals surface area contributed by atoms with Gasteiger partial charge in [-0.3, -0.25) is 0 Å². The molecule has 88 valence electrons. The second-order valence-electron chi connectivity index (χ2n) is 3.19. The fourth-order valence-electron chi connectivity index (χ4n) is 1.26. The molecule has 0 aliphatic heterocycles. The van der Waals surface area contributed by atoms with Crippen molar-refractivity contribution in [1.82, 2.24) is 0 Å². The van der Waals surface area contributed by atoms with Gasteiger partial charge in [-0.1, -0.05) is 19.9 Å². The minimum absolute atomic E-state index is 0.114. The molecule has 15 heavy (non-hydrogen) atoms. The van der Waals surface area contributed by atoms with E-state index in [9.17, 15) is 4.79 Å². The van der Waals surface area contributed by atoms with Crippen molar-refractivity contribution in [2.75, 3.05) is 14.2 Å². The molecule has 1 atom stereocenters. The molecule has 0 amide bonds. The molecule has 0 saturated carbocycles. The quantitative estimate of drug-likeness (QED) is 0.360. The Hall–Kier alpha value is -0.653. The molecule has 4 nitrogen and oxygen atoms in total. The molecular weight excluding hydrogens is 212 g/mol. The van der Waals surface area contributed by atoms with E-state index in [0.717, 1.165) is 12.8 Å².